The van der Waals surface area contributed by atoms with Crippen LogP contribution in [-0.4, -0.2) is 15.6 Å². The largest absolute Gasteiger partial charge is 0.287 e. The first-order valence-electron chi connectivity index (χ1n) is 5.64. The van der Waals surface area contributed by atoms with Crippen LogP contribution in [0, 0.1) is 0 Å². The van der Waals surface area contributed by atoms with Crippen molar-refractivity contribution in [3.05, 3.63) is 49.6 Å². The van der Waals surface area contributed by atoms with Crippen LogP contribution >= 0.6 is 43.5 Å². The third-order valence-corrected chi connectivity index (χ3v) is 4.13. The Hall–Kier alpha value is -0.650. The van der Waals surface area contributed by atoms with E-state index in [9.17, 15) is 4.79 Å². The Morgan fingerprint density at radius 3 is 2.63 bits per heavy atom. The summed E-state index contributed by atoms with van der Waals surface area (Å²) in [5.74, 6) is -0.118. The van der Waals surface area contributed by atoms with Gasteiger partial charge in [0.25, 0.3) is 0 Å². The van der Waals surface area contributed by atoms with Crippen LogP contribution in [0.2, 0.25) is 5.02 Å². The van der Waals surface area contributed by atoms with Gasteiger partial charge in [0.15, 0.2) is 0 Å². The highest BCUT2D eigenvalue weighted by Gasteiger charge is 2.22. The van der Waals surface area contributed by atoms with Gasteiger partial charge in [-0.05, 0) is 48.0 Å². The Kier molecular flexibility index (Phi) is 4.48. The average molecular weight is 407 g/mol. The Morgan fingerprint density at radius 2 is 2.00 bits per heavy atom. The van der Waals surface area contributed by atoms with E-state index in [-0.39, 0.29) is 11.8 Å². The number of aromatic nitrogens is 2. The molecule has 0 amide bonds. The molecular formula is C13H11Br2ClN2O. The van der Waals surface area contributed by atoms with Crippen LogP contribution in [-0.2, 0) is 0 Å². The van der Waals surface area contributed by atoms with Crippen molar-refractivity contribution < 1.29 is 4.79 Å². The second-order valence-electron chi connectivity index (χ2n) is 4.33. The molecule has 100 valence electrons. The van der Waals surface area contributed by atoms with E-state index < -0.39 is 0 Å². The molecular weight excluding hydrogens is 395 g/mol. The van der Waals surface area contributed by atoms with Crippen molar-refractivity contribution in [3.8, 4) is 0 Å². The number of hydrogen-bond donors (Lipinski definition) is 0. The van der Waals surface area contributed by atoms with Crippen molar-refractivity contribution in [2.24, 2.45) is 0 Å². The van der Waals surface area contributed by atoms with Gasteiger partial charge >= 0.3 is 0 Å². The lowest BCUT2D eigenvalue weighted by atomic mass is 10.1. The number of ketones is 1. The van der Waals surface area contributed by atoms with Crippen molar-refractivity contribution in [1.29, 1.82) is 0 Å². The van der Waals surface area contributed by atoms with Crippen LogP contribution < -0.4 is 0 Å². The quantitative estimate of drug-likeness (QED) is 0.682. The molecule has 0 saturated carbocycles. The summed E-state index contributed by atoms with van der Waals surface area (Å²) in [5, 5.41) is 4.74. The zero-order valence-electron chi connectivity index (χ0n) is 10.3. The monoisotopic (exact) mass is 404 g/mol. The van der Waals surface area contributed by atoms with Crippen LogP contribution in [0.3, 0.4) is 0 Å². The van der Waals surface area contributed by atoms with Gasteiger partial charge in [0.1, 0.15) is 5.69 Å². The number of nitrogens with zero attached hydrogens (tertiary/aromatic N) is 2. The van der Waals surface area contributed by atoms with Crippen molar-refractivity contribution in [2.75, 3.05) is 0 Å². The van der Waals surface area contributed by atoms with E-state index in [1.54, 1.807) is 29.1 Å². The summed E-state index contributed by atoms with van der Waals surface area (Å²) in [5.41, 5.74) is 1.05. The van der Waals surface area contributed by atoms with Gasteiger partial charge in [0.2, 0.25) is 5.78 Å². The SMILES string of the molecule is CC(C)n1ncc(Br)c1C(=O)c1cc(Cl)ccc1Br. The van der Waals surface area contributed by atoms with E-state index in [0.717, 1.165) is 0 Å². The standard InChI is InChI=1S/C13H11Br2ClN2O/c1-7(2)18-12(11(15)6-17-18)13(19)9-5-8(16)3-4-10(9)14/h3-7H,1-2H3. The van der Waals surface area contributed by atoms with Crippen molar-refractivity contribution in [1.82, 2.24) is 9.78 Å². The summed E-state index contributed by atoms with van der Waals surface area (Å²) in [7, 11) is 0. The highest BCUT2D eigenvalue weighted by atomic mass is 79.9. The molecule has 1 aromatic carbocycles. The Morgan fingerprint density at radius 1 is 1.32 bits per heavy atom. The fraction of sp³-hybridized carbons (Fsp3) is 0.231. The molecule has 0 bridgehead atoms. The maximum absolute atomic E-state index is 12.6. The minimum absolute atomic E-state index is 0.100. The molecule has 0 aliphatic rings. The predicted octanol–water partition coefficient (Wildman–Crippen LogP) is 4.87. The molecule has 0 fully saturated rings. The van der Waals surface area contributed by atoms with Crippen LogP contribution in [0.1, 0.15) is 35.9 Å². The number of carbonyl (C=O) groups is 1. The molecule has 2 aromatic rings. The minimum Gasteiger partial charge on any atom is -0.287 e. The Bertz CT molecular complexity index is 638. The van der Waals surface area contributed by atoms with Gasteiger partial charge in [0.05, 0.1) is 10.7 Å². The molecule has 0 radical (unpaired) electrons. The second-order valence-corrected chi connectivity index (χ2v) is 6.48. The lowest BCUT2D eigenvalue weighted by Crippen LogP contribution is -2.14. The lowest BCUT2D eigenvalue weighted by Gasteiger charge is -2.11. The van der Waals surface area contributed by atoms with Gasteiger partial charge in [-0.3, -0.25) is 9.48 Å². The molecule has 19 heavy (non-hydrogen) atoms. The minimum atomic E-state index is -0.118. The maximum Gasteiger partial charge on any atom is 0.213 e. The third kappa shape index (κ3) is 2.93. The fourth-order valence-electron chi connectivity index (χ4n) is 1.74. The summed E-state index contributed by atoms with van der Waals surface area (Å²) in [6.07, 6.45) is 1.63. The number of carbonyl (C=O) groups excluding carboxylic acids is 1. The molecule has 0 aliphatic heterocycles. The molecule has 0 saturated heterocycles. The van der Waals surface area contributed by atoms with E-state index in [0.29, 0.717) is 25.2 Å². The van der Waals surface area contributed by atoms with Crippen molar-refractivity contribution >= 4 is 49.2 Å². The molecule has 0 spiro atoms. The maximum atomic E-state index is 12.6. The predicted molar refractivity (Wildman–Crippen MR) is 82.9 cm³/mol. The number of rotatable bonds is 3. The normalized spacial score (nSPS) is 11.1. The topological polar surface area (TPSA) is 34.9 Å². The van der Waals surface area contributed by atoms with Crippen molar-refractivity contribution in [3.63, 3.8) is 0 Å². The van der Waals surface area contributed by atoms with Gasteiger partial charge in [-0.2, -0.15) is 5.10 Å². The molecule has 0 unspecified atom stereocenters. The second kappa shape index (κ2) is 5.77. The zero-order chi connectivity index (χ0) is 14.2. The van der Waals surface area contributed by atoms with Crippen LogP contribution in [0.5, 0.6) is 0 Å². The summed E-state index contributed by atoms with van der Waals surface area (Å²) in [4.78, 5) is 12.6. The van der Waals surface area contributed by atoms with Crippen LogP contribution in [0.4, 0.5) is 0 Å². The highest BCUT2D eigenvalue weighted by Crippen LogP contribution is 2.28. The highest BCUT2D eigenvalue weighted by molar-refractivity contribution is 9.10. The van der Waals surface area contributed by atoms with E-state index in [2.05, 4.69) is 37.0 Å². The third-order valence-electron chi connectivity index (χ3n) is 2.63. The smallest absolute Gasteiger partial charge is 0.213 e. The van der Waals surface area contributed by atoms with Gasteiger partial charge < -0.3 is 0 Å². The molecule has 1 aromatic heterocycles. The van der Waals surface area contributed by atoms with Crippen molar-refractivity contribution in [2.45, 2.75) is 19.9 Å². The van der Waals surface area contributed by atoms with Crippen LogP contribution in [0.15, 0.2) is 33.3 Å². The average Bonchev–Trinajstić information content (AvgIpc) is 2.73. The lowest BCUT2D eigenvalue weighted by molar-refractivity contribution is 0.102. The summed E-state index contributed by atoms with van der Waals surface area (Å²) in [6.45, 7) is 3.95. The molecule has 1 heterocycles. The van der Waals surface area contributed by atoms with Gasteiger partial charge in [0, 0.05) is 21.1 Å². The molecule has 0 atom stereocenters. The zero-order valence-corrected chi connectivity index (χ0v) is 14.3. The fourth-order valence-corrected chi connectivity index (χ4v) is 2.80. The van der Waals surface area contributed by atoms with E-state index in [1.807, 2.05) is 13.8 Å². The van der Waals surface area contributed by atoms with E-state index in [1.165, 1.54) is 0 Å². The van der Waals surface area contributed by atoms with Crippen LogP contribution in [0.25, 0.3) is 0 Å². The number of halogens is 3. The Balaban J connectivity index is 2.56. The van der Waals surface area contributed by atoms with Gasteiger partial charge in [-0.1, -0.05) is 27.5 Å². The van der Waals surface area contributed by atoms with E-state index >= 15 is 0 Å². The summed E-state index contributed by atoms with van der Waals surface area (Å²) < 4.78 is 3.09. The first-order chi connectivity index (χ1) is 8.91. The van der Waals surface area contributed by atoms with Gasteiger partial charge in [-0.25, -0.2) is 0 Å². The molecule has 0 aliphatic carbocycles. The first-order valence-corrected chi connectivity index (χ1v) is 7.61. The molecule has 6 heteroatoms. The molecule has 3 nitrogen and oxygen atoms in total. The first kappa shape index (κ1) is 14.8. The van der Waals surface area contributed by atoms with Gasteiger partial charge in [-0.15, -0.1) is 0 Å². The number of hydrogen-bond acceptors (Lipinski definition) is 2. The summed E-state index contributed by atoms with van der Waals surface area (Å²) in [6, 6.07) is 5.25. The summed E-state index contributed by atoms with van der Waals surface area (Å²) >= 11 is 12.7. The molecule has 2 rings (SSSR count). The Labute approximate surface area is 133 Å². The number of benzene rings is 1. The van der Waals surface area contributed by atoms with E-state index in [4.69, 9.17) is 11.6 Å². The molecule has 0 N–H and O–H groups in total.